The summed E-state index contributed by atoms with van der Waals surface area (Å²) >= 11 is 5.23. The lowest BCUT2D eigenvalue weighted by Crippen LogP contribution is -2.05. The number of hydrogen-bond donors (Lipinski definition) is 1. The standard InChI is InChI=1S/C15H13BrN2S/c1-10(17-12-6-4-5-11(16)9-12)15-18-13-7-2-3-8-14(13)19-15/h2-10,17H,1H3. The van der Waals surface area contributed by atoms with E-state index < -0.39 is 0 Å². The third-order valence-electron chi connectivity index (χ3n) is 2.89. The van der Waals surface area contributed by atoms with Gasteiger partial charge in [0.05, 0.1) is 16.3 Å². The SMILES string of the molecule is CC(Nc1cccc(Br)c1)c1nc2ccccc2s1. The Morgan fingerprint density at radius 3 is 2.79 bits per heavy atom. The minimum atomic E-state index is 0.201. The van der Waals surface area contributed by atoms with Crippen LogP contribution in [0.3, 0.4) is 0 Å². The fourth-order valence-electron chi connectivity index (χ4n) is 1.97. The second-order valence-corrected chi connectivity index (χ2v) is 6.37. The molecule has 0 saturated carbocycles. The first-order valence-corrected chi connectivity index (χ1v) is 7.71. The van der Waals surface area contributed by atoms with Gasteiger partial charge in [0.2, 0.25) is 0 Å². The monoisotopic (exact) mass is 332 g/mol. The summed E-state index contributed by atoms with van der Waals surface area (Å²) in [5, 5.41) is 4.59. The van der Waals surface area contributed by atoms with Crippen molar-refractivity contribution in [1.82, 2.24) is 4.98 Å². The van der Waals surface area contributed by atoms with E-state index in [1.54, 1.807) is 11.3 Å². The van der Waals surface area contributed by atoms with Crippen molar-refractivity contribution < 1.29 is 0 Å². The van der Waals surface area contributed by atoms with Gasteiger partial charge in [-0.2, -0.15) is 0 Å². The number of fused-ring (bicyclic) bond motifs is 1. The first-order valence-electron chi connectivity index (χ1n) is 6.10. The van der Waals surface area contributed by atoms with Crippen LogP contribution in [0.5, 0.6) is 0 Å². The summed E-state index contributed by atoms with van der Waals surface area (Å²) in [4.78, 5) is 4.68. The molecule has 96 valence electrons. The minimum Gasteiger partial charge on any atom is -0.376 e. The van der Waals surface area contributed by atoms with Crippen molar-refractivity contribution in [1.29, 1.82) is 0 Å². The normalized spacial score (nSPS) is 12.5. The molecule has 0 amide bonds. The summed E-state index contributed by atoms with van der Waals surface area (Å²) in [7, 11) is 0. The maximum Gasteiger partial charge on any atom is 0.116 e. The van der Waals surface area contributed by atoms with Crippen molar-refractivity contribution >= 4 is 43.2 Å². The molecule has 0 radical (unpaired) electrons. The van der Waals surface area contributed by atoms with Crippen LogP contribution in [0.2, 0.25) is 0 Å². The highest BCUT2D eigenvalue weighted by Crippen LogP contribution is 2.28. The van der Waals surface area contributed by atoms with Crippen LogP contribution in [0.1, 0.15) is 18.0 Å². The summed E-state index contributed by atoms with van der Waals surface area (Å²) in [5.74, 6) is 0. The van der Waals surface area contributed by atoms with E-state index in [4.69, 9.17) is 0 Å². The number of hydrogen-bond acceptors (Lipinski definition) is 3. The molecule has 0 saturated heterocycles. The van der Waals surface area contributed by atoms with Gasteiger partial charge in [-0.3, -0.25) is 0 Å². The topological polar surface area (TPSA) is 24.9 Å². The van der Waals surface area contributed by atoms with Gasteiger partial charge in [0, 0.05) is 10.2 Å². The number of nitrogens with one attached hydrogen (secondary N) is 1. The van der Waals surface area contributed by atoms with E-state index in [0.717, 1.165) is 20.7 Å². The second-order valence-electron chi connectivity index (χ2n) is 4.40. The summed E-state index contributed by atoms with van der Waals surface area (Å²) in [6.45, 7) is 2.14. The Balaban J connectivity index is 1.85. The van der Waals surface area contributed by atoms with E-state index >= 15 is 0 Å². The maximum atomic E-state index is 4.68. The van der Waals surface area contributed by atoms with Gasteiger partial charge in [-0.25, -0.2) is 4.98 Å². The highest BCUT2D eigenvalue weighted by molar-refractivity contribution is 9.10. The van der Waals surface area contributed by atoms with Gasteiger partial charge in [0.1, 0.15) is 5.01 Å². The van der Waals surface area contributed by atoms with Crippen LogP contribution in [-0.2, 0) is 0 Å². The molecule has 0 bridgehead atoms. The van der Waals surface area contributed by atoms with E-state index in [1.807, 2.05) is 18.2 Å². The minimum absolute atomic E-state index is 0.201. The average Bonchev–Trinajstić information content (AvgIpc) is 2.82. The number of benzene rings is 2. The zero-order valence-corrected chi connectivity index (χ0v) is 12.8. The van der Waals surface area contributed by atoms with Crippen molar-refractivity contribution in [3.8, 4) is 0 Å². The molecule has 2 aromatic carbocycles. The molecule has 0 spiro atoms. The fraction of sp³-hybridized carbons (Fsp3) is 0.133. The predicted molar refractivity (Wildman–Crippen MR) is 85.8 cm³/mol. The van der Waals surface area contributed by atoms with Crippen LogP contribution in [0.15, 0.2) is 53.0 Å². The zero-order valence-electron chi connectivity index (χ0n) is 10.4. The van der Waals surface area contributed by atoms with Crippen LogP contribution in [-0.4, -0.2) is 4.98 Å². The van der Waals surface area contributed by atoms with Crippen molar-refractivity contribution in [2.75, 3.05) is 5.32 Å². The first kappa shape index (κ1) is 12.6. The molecule has 0 aliphatic rings. The molecule has 1 N–H and O–H groups in total. The lowest BCUT2D eigenvalue weighted by atomic mass is 10.3. The van der Waals surface area contributed by atoms with Crippen molar-refractivity contribution in [3.05, 3.63) is 58.0 Å². The molecule has 1 atom stereocenters. The molecule has 19 heavy (non-hydrogen) atoms. The number of halogens is 1. The van der Waals surface area contributed by atoms with Gasteiger partial charge in [0.15, 0.2) is 0 Å². The van der Waals surface area contributed by atoms with Gasteiger partial charge in [-0.15, -0.1) is 11.3 Å². The number of thiazole rings is 1. The number of para-hydroxylation sites is 1. The predicted octanol–water partition coefficient (Wildman–Crippen LogP) is 5.23. The van der Waals surface area contributed by atoms with Gasteiger partial charge >= 0.3 is 0 Å². The van der Waals surface area contributed by atoms with Crippen LogP contribution >= 0.6 is 27.3 Å². The zero-order chi connectivity index (χ0) is 13.2. The maximum absolute atomic E-state index is 4.68. The largest absolute Gasteiger partial charge is 0.376 e. The first-order chi connectivity index (χ1) is 9.22. The third-order valence-corrected chi connectivity index (χ3v) is 4.60. The number of anilines is 1. The molecule has 3 aromatic rings. The molecule has 0 aliphatic heterocycles. The number of rotatable bonds is 3. The highest BCUT2D eigenvalue weighted by Gasteiger charge is 2.11. The van der Waals surface area contributed by atoms with E-state index in [0.29, 0.717) is 0 Å². The van der Waals surface area contributed by atoms with Gasteiger partial charge in [-0.1, -0.05) is 34.1 Å². The number of nitrogens with zero attached hydrogens (tertiary/aromatic N) is 1. The van der Waals surface area contributed by atoms with Crippen molar-refractivity contribution in [3.63, 3.8) is 0 Å². The quantitative estimate of drug-likeness (QED) is 0.710. The summed E-state index contributed by atoms with van der Waals surface area (Å²) in [6.07, 6.45) is 0. The molecule has 3 rings (SSSR count). The van der Waals surface area contributed by atoms with Gasteiger partial charge in [-0.05, 0) is 37.3 Å². The summed E-state index contributed by atoms with van der Waals surface area (Å²) < 4.78 is 2.31. The van der Waals surface area contributed by atoms with Crippen LogP contribution in [0, 0.1) is 0 Å². The van der Waals surface area contributed by atoms with Crippen LogP contribution in [0.4, 0.5) is 5.69 Å². The molecule has 0 aliphatic carbocycles. The molecule has 4 heteroatoms. The third kappa shape index (κ3) is 2.80. The van der Waals surface area contributed by atoms with Gasteiger partial charge < -0.3 is 5.32 Å². The summed E-state index contributed by atoms with van der Waals surface area (Å²) in [5.41, 5.74) is 2.17. The van der Waals surface area contributed by atoms with Crippen LogP contribution < -0.4 is 5.32 Å². The molecular formula is C15H13BrN2S. The van der Waals surface area contributed by atoms with E-state index in [-0.39, 0.29) is 6.04 Å². The van der Waals surface area contributed by atoms with Crippen LogP contribution in [0.25, 0.3) is 10.2 Å². The van der Waals surface area contributed by atoms with Crippen molar-refractivity contribution in [2.24, 2.45) is 0 Å². The Morgan fingerprint density at radius 2 is 2.00 bits per heavy atom. The Morgan fingerprint density at radius 1 is 1.16 bits per heavy atom. The molecule has 0 fully saturated rings. The lowest BCUT2D eigenvalue weighted by molar-refractivity contribution is 0.874. The Hall–Kier alpha value is -1.39. The molecule has 1 heterocycles. The lowest BCUT2D eigenvalue weighted by Gasteiger charge is -2.12. The average molecular weight is 333 g/mol. The van der Waals surface area contributed by atoms with E-state index in [2.05, 4.69) is 63.5 Å². The van der Waals surface area contributed by atoms with Gasteiger partial charge in [0.25, 0.3) is 0 Å². The Kier molecular flexibility index (Phi) is 3.53. The van der Waals surface area contributed by atoms with Crippen molar-refractivity contribution in [2.45, 2.75) is 13.0 Å². The number of aromatic nitrogens is 1. The smallest absolute Gasteiger partial charge is 0.116 e. The Bertz CT molecular complexity index is 675. The Labute approximate surface area is 124 Å². The second kappa shape index (κ2) is 5.31. The van der Waals surface area contributed by atoms with E-state index in [1.165, 1.54) is 4.70 Å². The molecule has 2 nitrogen and oxygen atoms in total. The summed E-state index contributed by atoms with van der Waals surface area (Å²) in [6, 6.07) is 16.6. The highest BCUT2D eigenvalue weighted by atomic mass is 79.9. The molecular weight excluding hydrogens is 320 g/mol. The fourth-order valence-corrected chi connectivity index (χ4v) is 3.33. The van der Waals surface area contributed by atoms with E-state index in [9.17, 15) is 0 Å². The molecule has 1 aromatic heterocycles. The molecule has 1 unspecified atom stereocenters.